The molecule has 1 heterocycles. The third-order valence-corrected chi connectivity index (χ3v) is 7.98. The molecule has 0 fully saturated rings. The van der Waals surface area contributed by atoms with Crippen LogP contribution in [0.4, 0.5) is 8.78 Å². The summed E-state index contributed by atoms with van der Waals surface area (Å²) in [5, 5.41) is 0. The van der Waals surface area contributed by atoms with E-state index in [1.807, 2.05) is 0 Å². The summed E-state index contributed by atoms with van der Waals surface area (Å²) in [5.41, 5.74) is 0. The quantitative estimate of drug-likeness (QED) is 0.200. The van der Waals surface area contributed by atoms with Crippen molar-refractivity contribution in [1.29, 1.82) is 0 Å². The van der Waals surface area contributed by atoms with Crippen LogP contribution in [0.5, 0.6) is 11.5 Å². The van der Waals surface area contributed by atoms with Crippen LogP contribution in [0.2, 0.25) is 0 Å². The summed E-state index contributed by atoms with van der Waals surface area (Å²) in [4.78, 5) is -2.42. The fourth-order valence-electron chi connectivity index (χ4n) is 1.95. The Kier molecular flexibility index (Phi) is 4.45. The van der Waals surface area contributed by atoms with Gasteiger partial charge in [-0.2, -0.15) is 16.8 Å². The molecule has 0 aliphatic carbocycles. The Morgan fingerprint density at radius 3 is 1.71 bits per heavy atom. The molecule has 128 valence electrons. The van der Waals surface area contributed by atoms with E-state index < -0.39 is 60.3 Å². The van der Waals surface area contributed by atoms with Crippen molar-refractivity contribution < 1.29 is 34.0 Å². The van der Waals surface area contributed by atoms with Gasteiger partial charge in [0, 0.05) is 0 Å². The molecule has 2 aromatic carbocycles. The highest BCUT2D eigenvalue weighted by Gasteiger charge is 2.41. The van der Waals surface area contributed by atoms with Crippen LogP contribution in [0, 0.1) is 18.8 Å². The van der Waals surface area contributed by atoms with Crippen molar-refractivity contribution in [3.63, 3.8) is 0 Å². The Bertz CT molecular complexity index is 997. The Hall–Kier alpha value is -0.740. The van der Waals surface area contributed by atoms with E-state index in [0.717, 1.165) is 12.1 Å². The normalized spacial score (nSPS) is 17.5. The molecule has 0 saturated heterocycles. The highest BCUT2D eigenvalue weighted by molar-refractivity contribution is 14.1. The molecule has 6 nitrogen and oxygen atoms in total. The Balaban J connectivity index is 2.50. The molecule has 0 atom stereocenters. The summed E-state index contributed by atoms with van der Waals surface area (Å²) in [6, 6.07) is 5.05. The van der Waals surface area contributed by atoms with Gasteiger partial charge in [-0.3, -0.25) is 0 Å². The molecular weight excluding hydrogens is 596 g/mol. The molecule has 0 bridgehead atoms. The van der Waals surface area contributed by atoms with Crippen LogP contribution in [0.1, 0.15) is 0 Å². The SMILES string of the molecule is O=S1(=O)Oc2ccccc2OS(=O)(=O)c2c(I)c(F)c(I)c(F)c21. The molecule has 1 aliphatic rings. The zero-order valence-electron chi connectivity index (χ0n) is 11.1. The number of hydrogen-bond donors (Lipinski definition) is 0. The fraction of sp³-hybridized carbons (Fsp3) is 0. The molecule has 2 aromatic rings. The standard InChI is InChI=1S/C12H4F2I2O6S2/c13-7-9(15)8(14)11-12(10(7)16)24(19,20)22-6-4-2-1-3-5(6)21-23(11,17)18/h1-4H. The minimum absolute atomic E-state index is 0.415. The molecular formula is C12H4F2I2O6S2. The average molecular weight is 600 g/mol. The third-order valence-electron chi connectivity index (χ3n) is 2.93. The van der Waals surface area contributed by atoms with Crippen LogP contribution in [-0.4, -0.2) is 16.8 Å². The number of benzene rings is 2. The largest absolute Gasteiger partial charge is 0.375 e. The van der Waals surface area contributed by atoms with E-state index in [0.29, 0.717) is 0 Å². The second-order valence-corrected chi connectivity index (χ2v) is 9.56. The zero-order chi connectivity index (χ0) is 17.9. The Morgan fingerprint density at radius 2 is 1.21 bits per heavy atom. The molecule has 1 aliphatic heterocycles. The van der Waals surface area contributed by atoms with Crippen LogP contribution in [0.25, 0.3) is 0 Å². The van der Waals surface area contributed by atoms with Crippen molar-refractivity contribution in [2.24, 2.45) is 0 Å². The third kappa shape index (κ3) is 2.76. The lowest BCUT2D eigenvalue weighted by molar-refractivity contribution is 0.423. The van der Waals surface area contributed by atoms with Gasteiger partial charge in [0.05, 0.1) is 7.14 Å². The minimum Gasteiger partial charge on any atom is -0.375 e. The van der Waals surface area contributed by atoms with E-state index >= 15 is 0 Å². The van der Waals surface area contributed by atoms with E-state index in [1.165, 1.54) is 57.3 Å². The highest BCUT2D eigenvalue weighted by Crippen LogP contribution is 2.41. The van der Waals surface area contributed by atoms with E-state index in [4.69, 9.17) is 8.37 Å². The van der Waals surface area contributed by atoms with Gasteiger partial charge in [0.1, 0.15) is 4.90 Å². The summed E-state index contributed by atoms with van der Waals surface area (Å²) < 4.78 is 86.6. The van der Waals surface area contributed by atoms with E-state index in [9.17, 15) is 25.6 Å². The molecule has 12 heteroatoms. The number of fused-ring (bicyclic) bond motifs is 2. The predicted molar refractivity (Wildman–Crippen MR) is 93.9 cm³/mol. The summed E-state index contributed by atoms with van der Waals surface area (Å²) in [6.07, 6.45) is 0. The lowest BCUT2D eigenvalue weighted by atomic mass is 10.3. The van der Waals surface area contributed by atoms with E-state index in [2.05, 4.69) is 0 Å². The first kappa shape index (κ1) is 18.1. The van der Waals surface area contributed by atoms with Crippen LogP contribution in [-0.2, 0) is 20.2 Å². The van der Waals surface area contributed by atoms with Gasteiger partial charge in [0.25, 0.3) is 0 Å². The van der Waals surface area contributed by atoms with Crippen molar-refractivity contribution in [3.05, 3.63) is 43.0 Å². The smallest absolute Gasteiger partial charge is 0.343 e. The molecule has 0 amide bonds. The Morgan fingerprint density at radius 1 is 0.750 bits per heavy atom. The summed E-state index contributed by atoms with van der Waals surface area (Å²) >= 11 is 2.52. The number of halogens is 4. The van der Waals surface area contributed by atoms with Crippen LogP contribution < -0.4 is 8.37 Å². The lowest BCUT2D eigenvalue weighted by Gasteiger charge is -2.20. The molecule has 0 N–H and O–H groups in total. The first-order chi connectivity index (χ1) is 11.1. The summed E-state index contributed by atoms with van der Waals surface area (Å²) in [6.45, 7) is 0. The van der Waals surface area contributed by atoms with Gasteiger partial charge in [-0.05, 0) is 57.3 Å². The van der Waals surface area contributed by atoms with Gasteiger partial charge in [0.2, 0.25) is 0 Å². The van der Waals surface area contributed by atoms with Crippen molar-refractivity contribution in [1.82, 2.24) is 0 Å². The fourth-order valence-corrected chi connectivity index (χ4v) is 7.52. The second-order valence-electron chi connectivity index (χ2n) is 4.44. The summed E-state index contributed by atoms with van der Waals surface area (Å²) in [7, 11) is -9.72. The number of hydrogen-bond acceptors (Lipinski definition) is 6. The van der Waals surface area contributed by atoms with Gasteiger partial charge in [0.15, 0.2) is 28.0 Å². The van der Waals surface area contributed by atoms with Crippen molar-refractivity contribution in [3.8, 4) is 11.5 Å². The maximum absolute atomic E-state index is 14.4. The maximum atomic E-state index is 14.4. The molecule has 24 heavy (non-hydrogen) atoms. The maximum Gasteiger partial charge on any atom is 0.343 e. The van der Waals surface area contributed by atoms with Crippen molar-refractivity contribution in [2.75, 3.05) is 0 Å². The molecule has 0 aromatic heterocycles. The average Bonchev–Trinajstić information content (AvgIpc) is 2.48. The van der Waals surface area contributed by atoms with Crippen LogP contribution >= 0.6 is 45.2 Å². The predicted octanol–water partition coefficient (Wildman–Crippen LogP) is 3.02. The summed E-state index contributed by atoms with van der Waals surface area (Å²) in [5.74, 6) is -3.61. The number of para-hydroxylation sites is 2. The first-order valence-electron chi connectivity index (χ1n) is 5.90. The van der Waals surface area contributed by atoms with Crippen LogP contribution in [0.3, 0.4) is 0 Å². The van der Waals surface area contributed by atoms with Crippen molar-refractivity contribution in [2.45, 2.75) is 9.79 Å². The lowest BCUT2D eigenvalue weighted by Crippen LogP contribution is -2.25. The first-order valence-corrected chi connectivity index (χ1v) is 10.9. The van der Waals surface area contributed by atoms with Gasteiger partial charge >= 0.3 is 20.2 Å². The molecule has 0 saturated carbocycles. The molecule has 0 radical (unpaired) electrons. The minimum atomic E-state index is -4.89. The van der Waals surface area contributed by atoms with Gasteiger partial charge in [-0.15, -0.1) is 0 Å². The highest BCUT2D eigenvalue weighted by atomic mass is 127. The molecule has 0 spiro atoms. The monoisotopic (exact) mass is 600 g/mol. The molecule has 3 rings (SSSR count). The Labute approximate surface area is 162 Å². The van der Waals surface area contributed by atoms with Gasteiger partial charge < -0.3 is 8.37 Å². The van der Waals surface area contributed by atoms with Crippen LogP contribution in [0.15, 0.2) is 34.1 Å². The second kappa shape index (κ2) is 5.91. The van der Waals surface area contributed by atoms with Gasteiger partial charge in [-0.1, -0.05) is 12.1 Å². The molecule has 0 unspecified atom stereocenters. The van der Waals surface area contributed by atoms with E-state index in [-0.39, 0.29) is 0 Å². The van der Waals surface area contributed by atoms with E-state index in [1.54, 1.807) is 0 Å². The van der Waals surface area contributed by atoms with Gasteiger partial charge in [-0.25, -0.2) is 8.78 Å². The zero-order valence-corrected chi connectivity index (χ0v) is 17.0. The number of rotatable bonds is 0. The topological polar surface area (TPSA) is 86.7 Å². The van der Waals surface area contributed by atoms with Crippen molar-refractivity contribution >= 4 is 65.4 Å².